The van der Waals surface area contributed by atoms with Gasteiger partial charge in [-0.15, -0.1) is 0 Å². The van der Waals surface area contributed by atoms with E-state index in [9.17, 15) is 5.11 Å². The number of phenols is 1. The molecule has 0 fully saturated rings. The van der Waals surface area contributed by atoms with Gasteiger partial charge in [-0.3, -0.25) is 0 Å². The van der Waals surface area contributed by atoms with Gasteiger partial charge in [0, 0.05) is 11.1 Å². The Morgan fingerprint density at radius 3 is 1.34 bits per heavy atom. The van der Waals surface area contributed by atoms with Crippen LogP contribution in [-0.4, -0.2) is 5.11 Å². The van der Waals surface area contributed by atoms with Crippen molar-refractivity contribution in [1.82, 2.24) is 0 Å². The third-order valence-electron chi connectivity index (χ3n) is 7.13. The Morgan fingerprint density at radius 2 is 0.771 bits per heavy atom. The lowest BCUT2D eigenvalue weighted by molar-refractivity contribution is 0.478. The molecule has 0 atom stereocenters. The van der Waals surface area contributed by atoms with Crippen LogP contribution in [0.15, 0.2) is 127 Å². The van der Waals surface area contributed by atoms with Gasteiger partial charge < -0.3 is 5.11 Å². The minimum atomic E-state index is 0.297. The molecule has 0 aromatic heterocycles. The molecule has 35 heavy (non-hydrogen) atoms. The van der Waals surface area contributed by atoms with Gasteiger partial charge in [0.25, 0.3) is 0 Å². The maximum atomic E-state index is 11.3. The molecule has 0 heterocycles. The summed E-state index contributed by atoms with van der Waals surface area (Å²) in [6.45, 7) is 0. The topological polar surface area (TPSA) is 20.2 Å². The van der Waals surface area contributed by atoms with E-state index in [4.69, 9.17) is 0 Å². The van der Waals surface area contributed by atoms with E-state index in [0.29, 0.717) is 5.75 Å². The molecule has 0 radical (unpaired) electrons. The number of aromatic hydroxyl groups is 1. The van der Waals surface area contributed by atoms with Crippen molar-refractivity contribution in [3.63, 3.8) is 0 Å². The van der Waals surface area contributed by atoms with E-state index in [0.717, 1.165) is 38.2 Å². The molecule has 0 unspecified atom stereocenters. The molecule has 0 aliphatic carbocycles. The maximum absolute atomic E-state index is 11.3. The van der Waals surface area contributed by atoms with Crippen molar-refractivity contribution in [3.8, 4) is 28.0 Å². The molecule has 7 aromatic carbocycles. The molecule has 0 saturated heterocycles. The van der Waals surface area contributed by atoms with Crippen LogP contribution in [0.2, 0.25) is 0 Å². The summed E-state index contributed by atoms with van der Waals surface area (Å²) in [6.07, 6.45) is 0. The van der Waals surface area contributed by atoms with Gasteiger partial charge in [-0.2, -0.15) is 0 Å². The Kier molecular flexibility index (Phi) is 4.37. The number of phenolic OH excluding ortho intramolecular Hbond substituents is 1. The number of rotatable bonds is 2. The first kappa shape index (κ1) is 19.8. The van der Waals surface area contributed by atoms with E-state index in [1.54, 1.807) is 0 Å². The Morgan fingerprint density at radius 1 is 0.343 bits per heavy atom. The Bertz CT molecular complexity index is 1860. The summed E-state index contributed by atoms with van der Waals surface area (Å²) in [6, 6.07) is 44.5. The van der Waals surface area contributed by atoms with Crippen molar-refractivity contribution in [3.05, 3.63) is 127 Å². The largest absolute Gasteiger partial charge is 0.507 e. The lowest BCUT2D eigenvalue weighted by Gasteiger charge is -2.20. The second-order valence-electron chi connectivity index (χ2n) is 9.08. The van der Waals surface area contributed by atoms with Gasteiger partial charge in [0.2, 0.25) is 0 Å². The molecule has 0 spiro atoms. The second kappa shape index (κ2) is 7.72. The molecule has 1 nitrogen and oxygen atoms in total. The summed E-state index contributed by atoms with van der Waals surface area (Å²) in [5.74, 6) is 0.297. The first-order chi connectivity index (χ1) is 17.3. The third-order valence-corrected chi connectivity index (χ3v) is 7.13. The zero-order chi connectivity index (χ0) is 23.4. The fourth-order valence-electron chi connectivity index (χ4n) is 5.58. The highest BCUT2D eigenvalue weighted by Crippen LogP contribution is 2.48. The Labute approximate surface area is 203 Å². The summed E-state index contributed by atoms with van der Waals surface area (Å²) in [4.78, 5) is 0. The molecule has 164 valence electrons. The van der Waals surface area contributed by atoms with Crippen LogP contribution >= 0.6 is 0 Å². The summed E-state index contributed by atoms with van der Waals surface area (Å²) in [5.41, 5.74) is 4.28. The molecule has 0 aliphatic heterocycles. The Hall–Kier alpha value is -4.62. The molecule has 0 saturated carbocycles. The lowest BCUT2D eigenvalue weighted by atomic mass is 9.84. The quantitative estimate of drug-likeness (QED) is 0.262. The first-order valence-corrected chi connectivity index (χ1v) is 11.9. The van der Waals surface area contributed by atoms with Crippen LogP contribution in [0.25, 0.3) is 65.3 Å². The fraction of sp³-hybridized carbons (Fsp3) is 0. The summed E-state index contributed by atoms with van der Waals surface area (Å²) >= 11 is 0. The van der Waals surface area contributed by atoms with Gasteiger partial charge in [-0.25, -0.2) is 0 Å². The molecule has 0 aliphatic rings. The predicted octanol–water partition coefficient (Wildman–Crippen LogP) is 9.34. The van der Waals surface area contributed by atoms with Crippen molar-refractivity contribution < 1.29 is 5.11 Å². The minimum absolute atomic E-state index is 0.297. The zero-order valence-corrected chi connectivity index (χ0v) is 19.1. The molecular formula is C34H22O. The molecule has 7 rings (SSSR count). The fourth-order valence-corrected chi connectivity index (χ4v) is 5.58. The summed E-state index contributed by atoms with van der Waals surface area (Å²) in [5, 5.41) is 20.6. The zero-order valence-electron chi connectivity index (χ0n) is 19.1. The predicted molar refractivity (Wildman–Crippen MR) is 149 cm³/mol. The van der Waals surface area contributed by atoms with Gasteiger partial charge >= 0.3 is 0 Å². The second-order valence-corrected chi connectivity index (χ2v) is 9.08. The van der Waals surface area contributed by atoms with E-state index < -0.39 is 0 Å². The van der Waals surface area contributed by atoms with E-state index in [1.807, 2.05) is 24.3 Å². The van der Waals surface area contributed by atoms with Crippen LogP contribution in [-0.2, 0) is 0 Å². The van der Waals surface area contributed by atoms with E-state index >= 15 is 0 Å². The van der Waals surface area contributed by atoms with Gasteiger partial charge in [0.1, 0.15) is 5.75 Å². The first-order valence-electron chi connectivity index (χ1n) is 11.9. The number of hydrogen-bond acceptors (Lipinski definition) is 1. The highest BCUT2D eigenvalue weighted by molar-refractivity contribution is 6.19. The smallest absolute Gasteiger partial charge is 0.124 e. The van der Waals surface area contributed by atoms with Crippen molar-refractivity contribution >= 4 is 43.1 Å². The monoisotopic (exact) mass is 446 g/mol. The van der Waals surface area contributed by atoms with E-state index in [-0.39, 0.29) is 0 Å². The summed E-state index contributed by atoms with van der Waals surface area (Å²) in [7, 11) is 0. The van der Waals surface area contributed by atoms with Gasteiger partial charge in [0.05, 0.1) is 0 Å². The van der Waals surface area contributed by atoms with E-state index in [2.05, 4.69) is 103 Å². The van der Waals surface area contributed by atoms with Crippen LogP contribution < -0.4 is 0 Å². The molecular weight excluding hydrogens is 424 g/mol. The van der Waals surface area contributed by atoms with Crippen LogP contribution in [0.3, 0.4) is 0 Å². The van der Waals surface area contributed by atoms with Crippen molar-refractivity contribution in [2.24, 2.45) is 0 Å². The van der Waals surface area contributed by atoms with Gasteiger partial charge in [-0.1, -0.05) is 115 Å². The van der Waals surface area contributed by atoms with Gasteiger partial charge in [0.15, 0.2) is 0 Å². The standard InChI is InChI=1S/C34H22O/c35-31-20-18-23-10-2-6-14-27(23)34(31)33-26-13-5-1-9-22(26)17-19-30(33)32-28-15-7-3-11-24(28)21-25-12-4-8-16-29(25)32/h1-21,35H. The summed E-state index contributed by atoms with van der Waals surface area (Å²) < 4.78 is 0. The number of benzene rings is 7. The SMILES string of the molecule is Oc1ccc2ccccc2c1-c1c(-c2c3ccccc3cc3ccccc23)ccc2ccccc12. The van der Waals surface area contributed by atoms with Crippen LogP contribution in [0.5, 0.6) is 5.75 Å². The van der Waals surface area contributed by atoms with Crippen LogP contribution in [0.4, 0.5) is 0 Å². The third kappa shape index (κ3) is 3.02. The molecule has 0 amide bonds. The molecule has 0 bridgehead atoms. The Balaban J connectivity index is 1.74. The van der Waals surface area contributed by atoms with Crippen molar-refractivity contribution in [2.75, 3.05) is 0 Å². The molecule has 1 N–H and O–H groups in total. The average molecular weight is 447 g/mol. The lowest BCUT2D eigenvalue weighted by Crippen LogP contribution is -1.92. The number of hydrogen-bond donors (Lipinski definition) is 1. The highest BCUT2D eigenvalue weighted by atomic mass is 16.3. The average Bonchev–Trinajstić information content (AvgIpc) is 2.91. The molecule has 1 heteroatoms. The van der Waals surface area contributed by atoms with Crippen molar-refractivity contribution in [1.29, 1.82) is 0 Å². The van der Waals surface area contributed by atoms with Crippen LogP contribution in [0, 0.1) is 0 Å². The minimum Gasteiger partial charge on any atom is -0.507 e. The maximum Gasteiger partial charge on any atom is 0.124 e. The normalized spacial score (nSPS) is 11.5. The van der Waals surface area contributed by atoms with E-state index in [1.165, 1.54) is 27.1 Å². The van der Waals surface area contributed by atoms with Crippen molar-refractivity contribution in [2.45, 2.75) is 0 Å². The number of fused-ring (bicyclic) bond motifs is 4. The van der Waals surface area contributed by atoms with Crippen LogP contribution in [0.1, 0.15) is 0 Å². The molecule has 7 aromatic rings. The van der Waals surface area contributed by atoms with Gasteiger partial charge in [-0.05, 0) is 66.3 Å². The highest BCUT2D eigenvalue weighted by Gasteiger charge is 2.20.